The summed E-state index contributed by atoms with van der Waals surface area (Å²) in [6.45, 7) is 11.0. The highest BCUT2D eigenvalue weighted by Gasteiger charge is 2.26. The average molecular weight is 324 g/mol. The number of hydrogen-bond acceptors (Lipinski definition) is 5. The zero-order valence-electron chi connectivity index (χ0n) is 14.7. The Labute approximate surface area is 137 Å². The van der Waals surface area contributed by atoms with E-state index in [2.05, 4.69) is 36.1 Å². The van der Waals surface area contributed by atoms with Crippen molar-refractivity contribution in [1.29, 1.82) is 0 Å². The molecule has 1 fully saturated rings. The van der Waals surface area contributed by atoms with Gasteiger partial charge in [-0.2, -0.15) is 0 Å². The second-order valence-electron chi connectivity index (χ2n) is 6.53. The van der Waals surface area contributed by atoms with Crippen LogP contribution in [0.4, 0.5) is 4.79 Å². The number of amides is 2. The first-order chi connectivity index (χ1) is 10.8. The maximum atomic E-state index is 12.2. The zero-order chi connectivity index (χ0) is 17.0. The fourth-order valence-corrected chi connectivity index (χ4v) is 2.88. The summed E-state index contributed by atoms with van der Waals surface area (Å²) in [5.74, 6) is 0.748. The molecule has 1 aromatic heterocycles. The van der Waals surface area contributed by atoms with Crippen molar-refractivity contribution in [2.75, 3.05) is 26.7 Å². The van der Waals surface area contributed by atoms with Crippen LogP contribution in [0.5, 0.6) is 0 Å². The number of nitrogens with zero attached hydrogens (tertiary/aromatic N) is 3. The summed E-state index contributed by atoms with van der Waals surface area (Å²) in [5.41, 5.74) is 0.754. The van der Waals surface area contributed by atoms with Crippen molar-refractivity contribution in [3.63, 3.8) is 0 Å². The Morgan fingerprint density at radius 2 is 2.13 bits per heavy atom. The first-order valence-electron chi connectivity index (χ1n) is 8.15. The number of nitrogens with one attached hydrogen (secondary N) is 1. The van der Waals surface area contributed by atoms with Gasteiger partial charge in [0.25, 0.3) is 0 Å². The Morgan fingerprint density at radius 3 is 2.70 bits per heavy atom. The molecule has 1 aliphatic rings. The first kappa shape index (κ1) is 17.7. The molecular weight excluding hydrogens is 296 g/mol. The predicted molar refractivity (Wildman–Crippen MR) is 87.1 cm³/mol. The second-order valence-corrected chi connectivity index (χ2v) is 6.53. The molecule has 130 valence electrons. The van der Waals surface area contributed by atoms with E-state index in [4.69, 9.17) is 9.26 Å². The number of aromatic nitrogens is 1. The SMILES string of the molecule is Cc1cc(CN(C)C(=O)NC[C@@H](C)N2C[C@@H](C)O[C@@H](C)C2)no1. The van der Waals surface area contributed by atoms with E-state index < -0.39 is 0 Å². The quantitative estimate of drug-likeness (QED) is 0.891. The van der Waals surface area contributed by atoms with Crippen LogP contribution in [0.3, 0.4) is 0 Å². The monoisotopic (exact) mass is 324 g/mol. The molecule has 0 bridgehead atoms. The molecule has 0 aromatic carbocycles. The molecule has 1 saturated heterocycles. The third-order valence-corrected chi connectivity index (χ3v) is 4.04. The summed E-state index contributed by atoms with van der Waals surface area (Å²) >= 11 is 0. The van der Waals surface area contributed by atoms with Gasteiger partial charge in [0.05, 0.1) is 18.8 Å². The van der Waals surface area contributed by atoms with E-state index in [1.165, 1.54) is 0 Å². The molecule has 23 heavy (non-hydrogen) atoms. The summed E-state index contributed by atoms with van der Waals surface area (Å²) in [7, 11) is 1.75. The average Bonchev–Trinajstić information content (AvgIpc) is 2.88. The van der Waals surface area contributed by atoms with Gasteiger partial charge in [0.15, 0.2) is 0 Å². The normalized spacial score (nSPS) is 23.5. The molecule has 0 unspecified atom stereocenters. The molecule has 1 N–H and O–H groups in total. The Kier molecular flexibility index (Phi) is 6.01. The maximum absolute atomic E-state index is 12.2. The third-order valence-electron chi connectivity index (χ3n) is 4.04. The van der Waals surface area contributed by atoms with Crippen molar-refractivity contribution in [2.24, 2.45) is 0 Å². The highest BCUT2D eigenvalue weighted by Crippen LogP contribution is 2.13. The van der Waals surface area contributed by atoms with E-state index in [1.54, 1.807) is 11.9 Å². The molecule has 1 aliphatic heterocycles. The third kappa shape index (κ3) is 5.21. The maximum Gasteiger partial charge on any atom is 0.317 e. The van der Waals surface area contributed by atoms with Crippen LogP contribution in [0, 0.1) is 6.92 Å². The van der Waals surface area contributed by atoms with Gasteiger partial charge in [0.2, 0.25) is 0 Å². The van der Waals surface area contributed by atoms with Crippen LogP contribution < -0.4 is 5.32 Å². The Hall–Kier alpha value is -1.60. The number of ether oxygens (including phenoxy) is 1. The summed E-state index contributed by atoms with van der Waals surface area (Å²) in [6, 6.07) is 2.01. The summed E-state index contributed by atoms with van der Waals surface area (Å²) in [6.07, 6.45) is 0.463. The smallest absolute Gasteiger partial charge is 0.317 e. The van der Waals surface area contributed by atoms with Crippen molar-refractivity contribution in [2.45, 2.75) is 52.5 Å². The lowest BCUT2D eigenvalue weighted by molar-refractivity contribution is -0.0778. The van der Waals surface area contributed by atoms with E-state index in [-0.39, 0.29) is 24.3 Å². The Bertz CT molecular complexity index is 509. The van der Waals surface area contributed by atoms with Gasteiger partial charge in [-0.05, 0) is 27.7 Å². The van der Waals surface area contributed by atoms with E-state index in [1.807, 2.05) is 13.0 Å². The number of hydrogen-bond donors (Lipinski definition) is 1. The minimum atomic E-state index is -0.105. The molecule has 2 heterocycles. The van der Waals surface area contributed by atoms with E-state index >= 15 is 0 Å². The minimum absolute atomic E-state index is 0.105. The van der Waals surface area contributed by atoms with Gasteiger partial charge < -0.3 is 19.5 Å². The topological polar surface area (TPSA) is 70.8 Å². The number of urea groups is 1. The van der Waals surface area contributed by atoms with Crippen molar-refractivity contribution < 1.29 is 14.1 Å². The lowest BCUT2D eigenvalue weighted by Gasteiger charge is -2.39. The molecular formula is C16H28N4O3. The van der Waals surface area contributed by atoms with Crippen LogP contribution in [0.25, 0.3) is 0 Å². The fraction of sp³-hybridized carbons (Fsp3) is 0.750. The number of rotatable bonds is 5. The Morgan fingerprint density at radius 1 is 1.48 bits per heavy atom. The molecule has 3 atom stereocenters. The van der Waals surface area contributed by atoms with Crippen molar-refractivity contribution >= 4 is 6.03 Å². The van der Waals surface area contributed by atoms with Crippen LogP contribution in [0.1, 0.15) is 32.2 Å². The molecule has 0 radical (unpaired) electrons. The second kappa shape index (κ2) is 7.79. The van der Waals surface area contributed by atoms with Crippen LogP contribution in [0.2, 0.25) is 0 Å². The molecule has 1 aromatic rings. The van der Waals surface area contributed by atoms with Crippen LogP contribution in [-0.2, 0) is 11.3 Å². The fourth-order valence-electron chi connectivity index (χ4n) is 2.88. The molecule has 0 aliphatic carbocycles. The highest BCUT2D eigenvalue weighted by molar-refractivity contribution is 5.73. The van der Waals surface area contributed by atoms with Crippen molar-refractivity contribution in [1.82, 2.24) is 20.3 Å². The van der Waals surface area contributed by atoms with Crippen LogP contribution >= 0.6 is 0 Å². The molecule has 7 nitrogen and oxygen atoms in total. The zero-order valence-corrected chi connectivity index (χ0v) is 14.7. The van der Waals surface area contributed by atoms with Gasteiger partial charge >= 0.3 is 6.03 Å². The summed E-state index contributed by atoms with van der Waals surface area (Å²) < 4.78 is 10.8. The number of morpholine rings is 1. The van der Waals surface area contributed by atoms with Gasteiger partial charge in [-0.1, -0.05) is 5.16 Å². The number of carbonyl (C=O) groups is 1. The van der Waals surface area contributed by atoms with Gasteiger partial charge in [-0.25, -0.2) is 4.79 Å². The van der Waals surface area contributed by atoms with Gasteiger partial charge in [0, 0.05) is 38.8 Å². The molecule has 2 rings (SSSR count). The standard InChI is InChI=1S/C16H28N4O3/c1-11(20-8-13(3)22-14(4)9-20)7-17-16(21)19(5)10-15-6-12(2)23-18-15/h6,11,13-14H,7-10H2,1-5H3,(H,17,21)/t11-,13-,14+/m1/s1. The lowest BCUT2D eigenvalue weighted by Crippen LogP contribution is -2.53. The van der Waals surface area contributed by atoms with Crippen molar-refractivity contribution in [3.8, 4) is 0 Å². The molecule has 2 amide bonds. The van der Waals surface area contributed by atoms with Crippen LogP contribution in [0.15, 0.2) is 10.6 Å². The molecule has 0 saturated carbocycles. The van der Waals surface area contributed by atoms with Crippen LogP contribution in [-0.4, -0.2) is 65.9 Å². The lowest BCUT2D eigenvalue weighted by atomic mass is 10.2. The van der Waals surface area contributed by atoms with E-state index in [0.29, 0.717) is 13.1 Å². The number of aryl methyl sites for hydroxylation is 1. The largest absolute Gasteiger partial charge is 0.373 e. The summed E-state index contributed by atoms with van der Waals surface area (Å²) in [5, 5.41) is 6.89. The highest BCUT2D eigenvalue weighted by atomic mass is 16.5. The van der Waals surface area contributed by atoms with E-state index in [0.717, 1.165) is 24.5 Å². The van der Waals surface area contributed by atoms with E-state index in [9.17, 15) is 4.79 Å². The Balaban J connectivity index is 1.76. The van der Waals surface area contributed by atoms with Crippen molar-refractivity contribution in [3.05, 3.63) is 17.5 Å². The summed E-state index contributed by atoms with van der Waals surface area (Å²) in [4.78, 5) is 16.2. The molecule has 7 heteroatoms. The van der Waals surface area contributed by atoms with Gasteiger partial charge in [-0.15, -0.1) is 0 Å². The first-order valence-corrected chi connectivity index (χ1v) is 8.15. The van der Waals surface area contributed by atoms with Gasteiger partial charge in [-0.3, -0.25) is 4.90 Å². The number of carbonyl (C=O) groups excluding carboxylic acids is 1. The predicted octanol–water partition coefficient (Wildman–Crippen LogP) is 1.62. The van der Waals surface area contributed by atoms with Gasteiger partial charge in [0.1, 0.15) is 11.5 Å². The minimum Gasteiger partial charge on any atom is -0.373 e. The molecule has 0 spiro atoms.